The van der Waals surface area contributed by atoms with Crippen LogP contribution in [-0.2, 0) is 12.8 Å². The van der Waals surface area contributed by atoms with Gasteiger partial charge in [0.05, 0.1) is 11.4 Å². The van der Waals surface area contributed by atoms with Gasteiger partial charge in [0.25, 0.3) is 0 Å². The largest absolute Gasteiger partial charge is 0.396 e. The van der Waals surface area contributed by atoms with Gasteiger partial charge in [-0.3, -0.25) is 0 Å². The number of thiol groups is 2. The van der Waals surface area contributed by atoms with Gasteiger partial charge in [-0.25, -0.2) is 4.68 Å². The van der Waals surface area contributed by atoms with Crippen LogP contribution in [0.5, 0.6) is 0 Å². The molecule has 6 heteroatoms. The molecule has 4 nitrogen and oxygen atoms in total. The maximum Gasteiger partial charge on any atom is 0.0859 e. The maximum absolute atomic E-state index is 9.53. The molecule has 106 valence electrons. The van der Waals surface area contributed by atoms with Gasteiger partial charge < -0.3 is 5.11 Å². The topological polar surface area (TPSA) is 50.9 Å². The summed E-state index contributed by atoms with van der Waals surface area (Å²) < 4.78 is 1.73. The second-order valence-corrected chi connectivity index (χ2v) is 7.70. The molecule has 0 spiro atoms. The van der Waals surface area contributed by atoms with Crippen LogP contribution < -0.4 is 0 Å². The Hall–Kier alpha value is -0.200. The molecule has 3 atom stereocenters. The van der Waals surface area contributed by atoms with Crippen molar-refractivity contribution in [3.05, 3.63) is 11.4 Å². The van der Waals surface area contributed by atoms with Gasteiger partial charge in [-0.1, -0.05) is 5.21 Å². The molecule has 1 aromatic heterocycles. The van der Waals surface area contributed by atoms with E-state index in [1.165, 1.54) is 5.69 Å². The number of aliphatic hydroxyl groups excluding tert-OH is 1. The first kappa shape index (κ1) is 13.8. The van der Waals surface area contributed by atoms with Gasteiger partial charge in [0, 0.05) is 28.1 Å². The number of aliphatic hydroxyl groups is 1. The van der Waals surface area contributed by atoms with E-state index in [-0.39, 0.29) is 22.0 Å². The molecule has 0 amide bonds. The van der Waals surface area contributed by atoms with Crippen LogP contribution in [0.1, 0.15) is 44.1 Å². The molecule has 19 heavy (non-hydrogen) atoms. The number of hydrogen-bond acceptors (Lipinski definition) is 5. The van der Waals surface area contributed by atoms with Gasteiger partial charge >= 0.3 is 0 Å². The molecule has 0 aromatic carbocycles. The van der Waals surface area contributed by atoms with Crippen LogP contribution in [0.15, 0.2) is 0 Å². The average molecular weight is 299 g/mol. The first-order chi connectivity index (χ1) is 8.94. The summed E-state index contributed by atoms with van der Waals surface area (Å²) in [5.74, 6) is 0.191. The standard InChI is InChI=1S/C13H21N3OS2/c1-8(2)16-10-4-6-13(19)11(7-17)12(13,18)5-3-9(10)14-15-16/h8,11,17-19H,3-7H2,1-2H3/t11-,12?,13?/m0/s1. The summed E-state index contributed by atoms with van der Waals surface area (Å²) in [4.78, 5) is 0. The van der Waals surface area contributed by atoms with E-state index in [9.17, 15) is 5.11 Å². The fraction of sp³-hybridized carbons (Fsp3) is 0.846. The fourth-order valence-corrected chi connectivity index (χ4v) is 4.90. The fourth-order valence-electron chi connectivity index (χ4n) is 3.57. The molecule has 1 aromatic rings. The van der Waals surface area contributed by atoms with Crippen molar-refractivity contribution in [3.63, 3.8) is 0 Å². The predicted molar refractivity (Wildman–Crippen MR) is 81.1 cm³/mol. The Kier molecular flexibility index (Phi) is 3.19. The lowest BCUT2D eigenvalue weighted by Crippen LogP contribution is -2.21. The molecule has 3 rings (SSSR count). The van der Waals surface area contributed by atoms with Gasteiger partial charge in [0.2, 0.25) is 0 Å². The van der Waals surface area contributed by atoms with E-state index in [2.05, 4.69) is 24.2 Å². The van der Waals surface area contributed by atoms with Crippen molar-refractivity contribution in [2.45, 2.75) is 55.1 Å². The number of aryl methyl sites for hydroxylation is 1. The second kappa shape index (κ2) is 4.40. The number of fused-ring (bicyclic) bond motifs is 2. The predicted octanol–water partition coefficient (Wildman–Crippen LogP) is 1.70. The minimum absolute atomic E-state index is 0.144. The van der Waals surface area contributed by atoms with E-state index < -0.39 is 0 Å². The molecule has 1 saturated carbocycles. The number of nitrogens with zero attached hydrogens (tertiary/aromatic N) is 3. The number of rotatable bonds is 2. The van der Waals surface area contributed by atoms with Crippen molar-refractivity contribution in [1.82, 2.24) is 15.0 Å². The van der Waals surface area contributed by atoms with Crippen molar-refractivity contribution in [2.24, 2.45) is 5.92 Å². The quantitative estimate of drug-likeness (QED) is 0.729. The van der Waals surface area contributed by atoms with Gasteiger partial charge in [-0.15, -0.1) is 5.10 Å². The Morgan fingerprint density at radius 2 is 1.95 bits per heavy atom. The highest BCUT2D eigenvalue weighted by atomic mass is 32.1. The molecule has 1 fully saturated rings. The molecule has 1 N–H and O–H groups in total. The van der Waals surface area contributed by atoms with Crippen molar-refractivity contribution >= 4 is 25.3 Å². The summed E-state index contributed by atoms with van der Waals surface area (Å²) in [6.45, 7) is 4.43. The van der Waals surface area contributed by atoms with Crippen LogP contribution >= 0.6 is 25.3 Å². The summed E-state index contributed by atoms with van der Waals surface area (Å²) in [7, 11) is 0. The molecule has 0 radical (unpaired) electrons. The Balaban J connectivity index is 1.91. The highest BCUT2D eigenvalue weighted by molar-refractivity contribution is 7.87. The molecule has 1 heterocycles. The van der Waals surface area contributed by atoms with Crippen LogP contribution in [0.2, 0.25) is 0 Å². The molecular weight excluding hydrogens is 278 g/mol. The lowest BCUT2D eigenvalue weighted by atomic mass is 10.00. The van der Waals surface area contributed by atoms with E-state index in [4.69, 9.17) is 25.3 Å². The summed E-state index contributed by atoms with van der Waals surface area (Å²) >= 11 is 9.66. The Morgan fingerprint density at radius 1 is 1.32 bits per heavy atom. The van der Waals surface area contributed by atoms with E-state index in [1.807, 2.05) is 4.68 Å². The van der Waals surface area contributed by atoms with Crippen molar-refractivity contribution < 1.29 is 5.11 Å². The number of hydrogen-bond donors (Lipinski definition) is 3. The third kappa shape index (κ3) is 1.79. The van der Waals surface area contributed by atoms with Crippen LogP contribution in [-0.4, -0.2) is 36.2 Å². The SMILES string of the molecule is CC(C)n1nnc2c1CCC1(S)[C@@H](CO)C1(S)CC2. The monoisotopic (exact) mass is 299 g/mol. The van der Waals surface area contributed by atoms with Crippen LogP contribution in [0.25, 0.3) is 0 Å². The zero-order chi connectivity index (χ0) is 13.8. The summed E-state index contributed by atoms with van der Waals surface area (Å²) in [6, 6.07) is 0.333. The molecule has 2 aliphatic carbocycles. The Bertz CT molecular complexity index is 504. The van der Waals surface area contributed by atoms with Crippen molar-refractivity contribution in [3.8, 4) is 0 Å². The first-order valence-electron chi connectivity index (χ1n) is 6.92. The van der Waals surface area contributed by atoms with Gasteiger partial charge in [-0.2, -0.15) is 25.3 Å². The lowest BCUT2D eigenvalue weighted by Gasteiger charge is -2.21. The van der Waals surface area contributed by atoms with Gasteiger partial charge in [0.15, 0.2) is 0 Å². The number of aromatic nitrogens is 3. The molecular formula is C13H21N3OS2. The van der Waals surface area contributed by atoms with Crippen LogP contribution in [0.4, 0.5) is 0 Å². The normalized spacial score (nSPS) is 37.5. The Morgan fingerprint density at radius 3 is 2.53 bits per heavy atom. The van der Waals surface area contributed by atoms with E-state index in [0.29, 0.717) is 6.04 Å². The first-order valence-corrected chi connectivity index (χ1v) is 7.82. The van der Waals surface area contributed by atoms with E-state index >= 15 is 0 Å². The second-order valence-electron chi connectivity index (χ2n) is 6.10. The molecule has 0 aliphatic heterocycles. The van der Waals surface area contributed by atoms with E-state index in [1.54, 1.807) is 0 Å². The molecule has 2 unspecified atom stereocenters. The summed E-state index contributed by atoms with van der Waals surface area (Å²) in [6.07, 6.45) is 3.64. The van der Waals surface area contributed by atoms with Gasteiger partial charge in [0.1, 0.15) is 0 Å². The minimum Gasteiger partial charge on any atom is -0.396 e. The smallest absolute Gasteiger partial charge is 0.0859 e. The van der Waals surface area contributed by atoms with Crippen LogP contribution in [0, 0.1) is 5.92 Å². The summed E-state index contributed by atoms with van der Waals surface area (Å²) in [5, 5.41) is 18.1. The highest BCUT2D eigenvalue weighted by Crippen LogP contribution is 2.67. The van der Waals surface area contributed by atoms with Crippen molar-refractivity contribution in [1.29, 1.82) is 0 Å². The van der Waals surface area contributed by atoms with Crippen molar-refractivity contribution in [2.75, 3.05) is 6.61 Å². The zero-order valence-corrected chi connectivity index (χ0v) is 13.2. The Labute approximate surface area is 124 Å². The third-order valence-corrected chi connectivity index (χ3v) is 6.89. The molecule has 0 saturated heterocycles. The molecule has 2 aliphatic rings. The molecule has 0 bridgehead atoms. The minimum atomic E-state index is -0.149. The van der Waals surface area contributed by atoms with Gasteiger partial charge in [-0.05, 0) is 39.5 Å². The zero-order valence-electron chi connectivity index (χ0n) is 11.4. The maximum atomic E-state index is 9.53. The summed E-state index contributed by atoms with van der Waals surface area (Å²) in [5.41, 5.74) is 2.34. The third-order valence-electron chi connectivity index (χ3n) is 4.85. The highest BCUT2D eigenvalue weighted by Gasteiger charge is 2.71. The van der Waals surface area contributed by atoms with E-state index in [0.717, 1.165) is 31.4 Å². The average Bonchev–Trinajstić information content (AvgIpc) is 2.69. The lowest BCUT2D eigenvalue weighted by molar-refractivity contribution is 0.266. The van der Waals surface area contributed by atoms with Crippen LogP contribution in [0.3, 0.4) is 0 Å².